The molecule has 88 valence electrons. The molecule has 0 aliphatic heterocycles. The van der Waals surface area contributed by atoms with Gasteiger partial charge in [-0.15, -0.1) is 0 Å². The Morgan fingerprint density at radius 2 is 2.12 bits per heavy atom. The van der Waals surface area contributed by atoms with Gasteiger partial charge in [-0.25, -0.2) is 4.79 Å². The first kappa shape index (κ1) is 12.4. The number of phenols is 1. The van der Waals surface area contributed by atoms with E-state index < -0.39 is 29.8 Å². The topological polar surface area (TPSA) is 66.8 Å². The Labute approximate surface area is 90.1 Å². The molecule has 0 radical (unpaired) electrons. The highest BCUT2D eigenvalue weighted by Gasteiger charge is 2.31. The monoisotopic (exact) mass is 232 g/mol. The molecule has 0 aromatic heterocycles. The molecule has 0 aliphatic carbocycles. The molecule has 16 heavy (non-hydrogen) atoms. The van der Waals surface area contributed by atoms with E-state index in [2.05, 4.69) is 4.74 Å². The van der Waals surface area contributed by atoms with E-state index in [1.807, 2.05) is 0 Å². The largest absolute Gasteiger partial charge is 0.507 e. The second-order valence-corrected chi connectivity index (χ2v) is 3.09. The number of phenolic OH excluding ortho intramolecular Hbond substituents is 1. The van der Waals surface area contributed by atoms with E-state index in [0.29, 0.717) is 0 Å². The number of hydrogen-bond acceptors (Lipinski definition) is 4. The molecule has 0 heterocycles. The standard InChI is InChI=1S/C10H10F2O4/c1-16-9(15)7-4-6(2-3-8(7)14)10(11,12)5-13/h2-4,13-14H,5H2,1H3. The number of ether oxygens (including phenoxy) is 1. The Bertz CT molecular complexity index is 404. The lowest BCUT2D eigenvalue weighted by molar-refractivity contribution is -0.0556. The number of methoxy groups -OCH3 is 1. The summed E-state index contributed by atoms with van der Waals surface area (Å²) in [5, 5.41) is 17.7. The molecule has 1 rings (SSSR count). The number of aliphatic hydroxyl groups excluding tert-OH is 1. The molecule has 1 aromatic carbocycles. The summed E-state index contributed by atoms with van der Waals surface area (Å²) in [5.41, 5.74) is -0.929. The fraction of sp³-hybridized carbons (Fsp3) is 0.300. The number of carbonyl (C=O) groups excluding carboxylic acids is 1. The van der Waals surface area contributed by atoms with E-state index in [9.17, 15) is 18.7 Å². The van der Waals surface area contributed by atoms with Gasteiger partial charge in [0.1, 0.15) is 17.9 Å². The smallest absolute Gasteiger partial charge is 0.341 e. The van der Waals surface area contributed by atoms with E-state index in [4.69, 9.17) is 5.11 Å². The molecule has 0 saturated carbocycles. The minimum atomic E-state index is -3.46. The van der Waals surface area contributed by atoms with Gasteiger partial charge in [-0.1, -0.05) is 0 Å². The fourth-order valence-corrected chi connectivity index (χ4v) is 1.13. The summed E-state index contributed by atoms with van der Waals surface area (Å²) in [4.78, 5) is 11.1. The van der Waals surface area contributed by atoms with Crippen molar-refractivity contribution in [3.63, 3.8) is 0 Å². The molecule has 1 aromatic rings. The molecule has 0 atom stereocenters. The summed E-state index contributed by atoms with van der Waals surface area (Å²) in [7, 11) is 1.07. The van der Waals surface area contributed by atoms with E-state index >= 15 is 0 Å². The number of aliphatic hydroxyl groups is 1. The van der Waals surface area contributed by atoms with Crippen LogP contribution in [0.15, 0.2) is 18.2 Å². The molecule has 0 bridgehead atoms. The Morgan fingerprint density at radius 3 is 2.62 bits per heavy atom. The van der Waals surface area contributed by atoms with Crippen molar-refractivity contribution in [2.45, 2.75) is 5.92 Å². The van der Waals surface area contributed by atoms with Gasteiger partial charge in [0, 0.05) is 5.56 Å². The van der Waals surface area contributed by atoms with Crippen LogP contribution in [-0.4, -0.2) is 29.9 Å². The molecule has 0 saturated heterocycles. The zero-order chi connectivity index (χ0) is 12.3. The zero-order valence-corrected chi connectivity index (χ0v) is 8.41. The predicted octanol–water partition coefficient (Wildman–Crippen LogP) is 1.26. The number of rotatable bonds is 3. The minimum Gasteiger partial charge on any atom is -0.507 e. The number of benzene rings is 1. The average Bonchev–Trinajstić information content (AvgIpc) is 2.28. The second-order valence-electron chi connectivity index (χ2n) is 3.09. The van der Waals surface area contributed by atoms with Crippen molar-refractivity contribution in [2.75, 3.05) is 13.7 Å². The maximum absolute atomic E-state index is 13.1. The van der Waals surface area contributed by atoms with E-state index in [1.165, 1.54) is 0 Å². The Kier molecular flexibility index (Phi) is 3.44. The van der Waals surface area contributed by atoms with Gasteiger partial charge in [0.05, 0.1) is 7.11 Å². The van der Waals surface area contributed by atoms with Crippen LogP contribution in [-0.2, 0) is 10.7 Å². The highest BCUT2D eigenvalue weighted by atomic mass is 19.3. The van der Waals surface area contributed by atoms with Crippen molar-refractivity contribution < 1.29 is 28.5 Å². The first-order chi connectivity index (χ1) is 7.42. The summed E-state index contributed by atoms with van der Waals surface area (Å²) in [5.74, 6) is -4.84. The van der Waals surface area contributed by atoms with Crippen LogP contribution >= 0.6 is 0 Å². The zero-order valence-electron chi connectivity index (χ0n) is 8.41. The molecule has 0 fully saturated rings. The van der Waals surface area contributed by atoms with Gasteiger partial charge in [0.15, 0.2) is 0 Å². The second kappa shape index (κ2) is 4.44. The van der Waals surface area contributed by atoms with Gasteiger partial charge in [0.25, 0.3) is 5.92 Å². The molecular formula is C10H10F2O4. The first-order valence-electron chi connectivity index (χ1n) is 4.33. The molecule has 0 amide bonds. The van der Waals surface area contributed by atoms with Gasteiger partial charge in [-0.05, 0) is 18.2 Å². The van der Waals surface area contributed by atoms with Crippen LogP contribution in [0.5, 0.6) is 5.75 Å². The Morgan fingerprint density at radius 1 is 1.50 bits per heavy atom. The van der Waals surface area contributed by atoms with E-state index in [-0.39, 0.29) is 5.56 Å². The third-order valence-electron chi connectivity index (χ3n) is 2.02. The van der Waals surface area contributed by atoms with Crippen LogP contribution in [0.3, 0.4) is 0 Å². The lowest BCUT2D eigenvalue weighted by atomic mass is 10.0. The van der Waals surface area contributed by atoms with Crippen LogP contribution in [0.1, 0.15) is 15.9 Å². The van der Waals surface area contributed by atoms with Crippen molar-refractivity contribution in [1.29, 1.82) is 0 Å². The number of carbonyl (C=O) groups is 1. The van der Waals surface area contributed by atoms with Gasteiger partial charge in [-0.2, -0.15) is 8.78 Å². The van der Waals surface area contributed by atoms with Crippen LogP contribution in [0, 0.1) is 0 Å². The van der Waals surface area contributed by atoms with Gasteiger partial charge < -0.3 is 14.9 Å². The summed E-state index contributed by atoms with van der Waals surface area (Å²) >= 11 is 0. The summed E-state index contributed by atoms with van der Waals surface area (Å²) in [6, 6.07) is 2.67. The van der Waals surface area contributed by atoms with E-state index in [1.54, 1.807) is 0 Å². The van der Waals surface area contributed by atoms with Crippen LogP contribution < -0.4 is 0 Å². The first-order valence-corrected chi connectivity index (χ1v) is 4.33. The lowest BCUT2D eigenvalue weighted by Gasteiger charge is -2.14. The molecule has 0 spiro atoms. The van der Waals surface area contributed by atoms with Crippen LogP contribution in [0.25, 0.3) is 0 Å². The van der Waals surface area contributed by atoms with Crippen LogP contribution in [0.4, 0.5) is 8.78 Å². The summed E-state index contributed by atoms with van der Waals surface area (Å²) < 4.78 is 30.5. The van der Waals surface area contributed by atoms with Gasteiger partial charge in [0.2, 0.25) is 0 Å². The fourth-order valence-electron chi connectivity index (χ4n) is 1.13. The maximum Gasteiger partial charge on any atom is 0.341 e. The number of aromatic hydroxyl groups is 1. The highest BCUT2D eigenvalue weighted by molar-refractivity contribution is 5.92. The van der Waals surface area contributed by atoms with Crippen molar-refractivity contribution in [3.8, 4) is 5.75 Å². The Balaban J connectivity index is 3.22. The third kappa shape index (κ3) is 2.27. The Hall–Kier alpha value is -1.69. The SMILES string of the molecule is COC(=O)c1cc(C(F)(F)CO)ccc1O. The number of alkyl halides is 2. The van der Waals surface area contributed by atoms with Gasteiger partial charge in [-0.3, -0.25) is 0 Å². The molecule has 0 aliphatic rings. The summed E-state index contributed by atoms with van der Waals surface area (Å²) in [6.07, 6.45) is 0. The molecule has 4 nitrogen and oxygen atoms in total. The lowest BCUT2D eigenvalue weighted by Crippen LogP contribution is -2.19. The van der Waals surface area contributed by atoms with Crippen molar-refractivity contribution in [2.24, 2.45) is 0 Å². The number of halogens is 2. The molecule has 6 heteroatoms. The molecule has 2 N–H and O–H groups in total. The quantitative estimate of drug-likeness (QED) is 0.770. The third-order valence-corrected chi connectivity index (χ3v) is 2.02. The molecule has 0 unspecified atom stereocenters. The predicted molar refractivity (Wildman–Crippen MR) is 50.4 cm³/mol. The summed E-state index contributed by atoms with van der Waals surface area (Å²) in [6.45, 7) is -1.38. The van der Waals surface area contributed by atoms with Crippen molar-refractivity contribution in [1.82, 2.24) is 0 Å². The highest BCUT2D eigenvalue weighted by Crippen LogP contribution is 2.30. The minimum absolute atomic E-state index is 0.367. The van der Waals surface area contributed by atoms with Gasteiger partial charge >= 0.3 is 5.97 Å². The van der Waals surface area contributed by atoms with Crippen molar-refractivity contribution in [3.05, 3.63) is 29.3 Å². The maximum atomic E-state index is 13.1. The molecular weight excluding hydrogens is 222 g/mol. The normalized spacial score (nSPS) is 11.2. The van der Waals surface area contributed by atoms with Crippen LogP contribution in [0.2, 0.25) is 0 Å². The number of hydrogen-bond donors (Lipinski definition) is 2. The van der Waals surface area contributed by atoms with Crippen molar-refractivity contribution >= 4 is 5.97 Å². The van der Waals surface area contributed by atoms with E-state index in [0.717, 1.165) is 25.3 Å². The average molecular weight is 232 g/mol. The number of esters is 1.